The Bertz CT molecular complexity index is 255. The Balaban J connectivity index is 1.94. The summed E-state index contributed by atoms with van der Waals surface area (Å²) in [6.07, 6.45) is 5.56. The van der Waals surface area contributed by atoms with Gasteiger partial charge >= 0.3 is 0 Å². The van der Waals surface area contributed by atoms with Gasteiger partial charge in [0, 0.05) is 17.1 Å². The monoisotopic (exact) mass is 202 g/mol. The zero-order valence-corrected chi connectivity index (χ0v) is 8.29. The lowest BCUT2D eigenvalue weighted by Gasteiger charge is -2.06. The van der Waals surface area contributed by atoms with Gasteiger partial charge in [-0.25, -0.2) is 4.98 Å². The van der Waals surface area contributed by atoms with Crippen molar-refractivity contribution >= 4 is 22.9 Å². The van der Waals surface area contributed by atoms with Crippen LogP contribution in [-0.2, 0) is 6.42 Å². The molecule has 2 heterocycles. The summed E-state index contributed by atoms with van der Waals surface area (Å²) in [7, 11) is 0. The molecule has 0 radical (unpaired) electrons. The lowest BCUT2D eigenvalue weighted by atomic mass is 10.1. The number of nitrogens with one attached hydrogen (secondary N) is 1. The van der Waals surface area contributed by atoms with Crippen LogP contribution in [0.15, 0.2) is 6.20 Å². The Morgan fingerprint density at radius 2 is 2.67 bits per heavy atom. The molecule has 0 aromatic carbocycles. The minimum atomic E-state index is 0.654. The van der Waals surface area contributed by atoms with E-state index < -0.39 is 0 Å². The molecule has 1 N–H and O–H groups in total. The van der Waals surface area contributed by atoms with Crippen LogP contribution in [0.2, 0.25) is 4.47 Å². The molecule has 1 aromatic rings. The molecule has 1 saturated heterocycles. The van der Waals surface area contributed by atoms with E-state index in [-0.39, 0.29) is 0 Å². The maximum atomic E-state index is 5.73. The number of thiazole rings is 1. The smallest absolute Gasteiger partial charge is 0.183 e. The van der Waals surface area contributed by atoms with E-state index in [0.29, 0.717) is 10.5 Å². The lowest BCUT2D eigenvalue weighted by Crippen LogP contribution is -2.23. The fourth-order valence-electron chi connectivity index (χ4n) is 1.55. The van der Waals surface area contributed by atoms with Crippen LogP contribution in [0.4, 0.5) is 0 Å². The fourth-order valence-corrected chi connectivity index (χ4v) is 2.61. The van der Waals surface area contributed by atoms with Crippen molar-refractivity contribution in [2.24, 2.45) is 0 Å². The second-order valence-electron chi connectivity index (χ2n) is 3.08. The summed E-state index contributed by atoms with van der Waals surface area (Å²) < 4.78 is 0.656. The van der Waals surface area contributed by atoms with Crippen LogP contribution in [0.5, 0.6) is 0 Å². The van der Waals surface area contributed by atoms with E-state index in [2.05, 4.69) is 10.3 Å². The van der Waals surface area contributed by atoms with E-state index >= 15 is 0 Å². The second-order valence-corrected chi connectivity index (χ2v) is 4.77. The molecule has 0 saturated carbocycles. The number of aromatic nitrogens is 1. The Kier molecular flexibility index (Phi) is 2.63. The SMILES string of the molecule is Clc1ncc(CC2CCCN2)s1. The van der Waals surface area contributed by atoms with E-state index in [4.69, 9.17) is 11.6 Å². The fraction of sp³-hybridized carbons (Fsp3) is 0.625. The van der Waals surface area contributed by atoms with E-state index in [1.165, 1.54) is 17.7 Å². The van der Waals surface area contributed by atoms with Crippen LogP contribution < -0.4 is 5.32 Å². The molecule has 2 nitrogen and oxygen atoms in total. The molecule has 1 atom stereocenters. The Morgan fingerprint density at radius 1 is 1.75 bits per heavy atom. The standard InChI is InChI=1S/C8H11ClN2S/c9-8-11-5-7(12-8)4-6-2-1-3-10-6/h5-6,10H,1-4H2. The normalized spacial score (nSPS) is 23.2. The summed E-state index contributed by atoms with van der Waals surface area (Å²) >= 11 is 7.32. The van der Waals surface area contributed by atoms with Crippen molar-refractivity contribution in [3.05, 3.63) is 15.5 Å². The Hall–Kier alpha value is -0.120. The van der Waals surface area contributed by atoms with Crippen molar-refractivity contribution in [1.29, 1.82) is 0 Å². The third-order valence-electron chi connectivity index (χ3n) is 2.14. The first-order valence-corrected chi connectivity index (χ1v) is 5.37. The molecular formula is C8H11ClN2S. The molecule has 2 rings (SSSR count). The van der Waals surface area contributed by atoms with Gasteiger partial charge in [0.25, 0.3) is 0 Å². The van der Waals surface area contributed by atoms with Gasteiger partial charge < -0.3 is 5.32 Å². The van der Waals surface area contributed by atoms with Gasteiger partial charge in [0.1, 0.15) is 0 Å². The van der Waals surface area contributed by atoms with Crippen molar-refractivity contribution in [3.8, 4) is 0 Å². The number of halogens is 1. The summed E-state index contributed by atoms with van der Waals surface area (Å²) in [5, 5.41) is 3.45. The molecule has 0 amide bonds. The van der Waals surface area contributed by atoms with Gasteiger partial charge in [0.05, 0.1) is 0 Å². The Labute approximate surface area is 81.0 Å². The van der Waals surface area contributed by atoms with Crippen LogP contribution in [0.25, 0.3) is 0 Å². The summed E-state index contributed by atoms with van der Waals surface area (Å²) in [6, 6.07) is 0.654. The Morgan fingerprint density at radius 3 is 3.25 bits per heavy atom. The quantitative estimate of drug-likeness (QED) is 0.795. The molecule has 0 spiro atoms. The summed E-state index contributed by atoms with van der Waals surface area (Å²) in [5.74, 6) is 0. The predicted molar refractivity (Wildman–Crippen MR) is 51.9 cm³/mol. The van der Waals surface area contributed by atoms with E-state index in [1.807, 2.05) is 6.20 Å². The van der Waals surface area contributed by atoms with E-state index in [9.17, 15) is 0 Å². The molecular weight excluding hydrogens is 192 g/mol. The molecule has 12 heavy (non-hydrogen) atoms. The highest BCUT2D eigenvalue weighted by Crippen LogP contribution is 2.21. The minimum Gasteiger partial charge on any atom is -0.314 e. The summed E-state index contributed by atoms with van der Waals surface area (Å²) in [6.45, 7) is 1.16. The van der Waals surface area contributed by atoms with Gasteiger partial charge in [-0.2, -0.15) is 0 Å². The van der Waals surface area contributed by atoms with Crippen molar-refractivity contribution in [3.63, 3.8) is 0 Å². The van der Waals surface area contributed by atoms with E-state index in [0.717, 1.165) is 13.0 Å². The molecule has 1 aliphatic rings. The third kappa shape index (κ3) is 1.97. The van der Waals surface area contributed by atoms with Crippen LogP contribution in [-0.4, -0.2) is 17.6 Å². The van der Waals surface area contributed by atoms with Crippen molar-refractivity contribution in [1.82, 2.24) is 10.3 Å². The number of hydrogen-bond acceptors (Lipinski definition) is 3. The molecule has 0 aliphatic carbocycles. The number of nitrogens with zero attached hydrogens (tertiary/aromatic N) is 1. The van der Waals surface area contributed by atoms with Crippen LogP contribution in [0, 0.1) is 0 Å². The maximum absolute atomic E-state index is 5.73. The van der Waals surface area contributed by atoms with Gasteiger partial charge in [0.2, 0.25) is 0 Å². The highest BCUT2D eigenvalue weighted by atomic mass is 35.5. The average molecular weight is 203 g/mol. The molecule has 1 aromatic heterocycles. The van der Waals surface area contributed by atoms with Gasteiger partial charge in [-0.3, -0.25) is 0 Å². The summed E-state index contributed by atoms with van der Waals surface area (Å²) in [5.41, 5.74) is 0. The average Bonchev–Trinajstić information content (AvgIpc) is 2.63. The molecule has 1 aliphatic heterocycles. The zero-order valence-electron chi connectivity index (χ0n) is 6.72. The first-order chi connectivity index (χ1) is 5.84. The number of hydrogen-bond donors (Lipinski definition) is 1. The van der Waals surface area contributed by atoms with Crippen molar-refractivity contribution < 1.29 is 0 Å². The second kappa shape index (κ2) is 3.73. The van der Waals surface area contributed by atoms with Gasteiger partial charge in [0.15, 0.2) is 4.47 Å². The van der Waals surface area contributed by atoms with Gasteiger partial charge in [-0.05, 0) is 25.8 Å². The van der Waals surface area contributed by atoms with Crippen molar-refractivity contribution in [2.45, 2.75) is 25.3 Å². The van der Waals surface area contributed by atoms with Gasteiger partial charge in [-0.15, -0.1) is 11.3 Å². The molecule has 66 valence electrons. The van der Waals surface area contributed by atoms with Crippen LogP contribution >= 0.6 is 22.9 Å². The van der Waals surface area contributed by atoms with Gasteiger partial charge in [-0.1, -0.05) is 11.6 Å². The summed E-state index contributed by atoms with van der Waals surface area (Å²) in [4.78, 5) is 5.31. The third-order valence-corrected chi connectivity index (χ3v) is 3.27. The van der Waals surface area contributed by atoms with E-state index in [1.54, 1.807) is 11.3 Å². The molecule has 1 unspecified atom stereocenters. The van der Waals surface area contributed by atoms with Crippen LogP contribution in [0.3, 0.4) is 0 Å². The highest BCUT2D eigenvalue weighted by molar-refractivity contribution is 7.15. The largest absolute Gasteiger partial charge is 0.314 e. The first kappa shape index (κ1) is 8.48. The first-order valence-electron chi connectivity index (χ1n) is 4.18. The maximum Gasteiger partial charge on any atom is 0.183 e. The molecule has 0 bridgehead atoms. The zero-order chi connectivity index (χ0) is 8.39. The predicted octanol–water partition coefficient (Wildman–Crippen LogP) is 2.09. The van der Waals surface area contributed by atoms with Crippen molar-refractivity contribution in [2.75, 3.05) is 6.54 Å². The topological polar surface area (TPSA) is 24.9 Å². The molecule has 4 heteroatoms. The molecule has 1 fully saturated rings. The highest BCUT2D eigenvalue weighted by Gasteiger charge is 2.15. The van der Waals surface area contributed by atoms with Crippen LogP contribution in [0.1, 0.15) is 17.7 Å². The minimum absolute atomic E-state index is 0.654. The lowest BCUT2D eigenvalue weighted by molar-refractivity contribution is 0.607. The number of rotatable bonds is 2.